The Balaban J connectivity index is 2.42. The molecule has 0 bridgehead atoms. The number of amides is 1. The Morgan fingerprint density at radius 1 is 1.42 bits per heavy atom. The van der Waals surface area contributed by atoms with Gasteiger partial charge in [-0.3, -0.25) is 9.59 Å². The van der Waals surface area contributed by atoms with Crippen molar-refractivity contribution >= 4 is 23.4 Å². The van der Waals surface area contributed by atoms with Crippen molar-refractivity contribution in [1.82, 2.24) is 9.97 Å². The molecule has 8 heteroatoms. The zero-order valence-electron chi connectivity index (χ0n) is 9.51. The molecule has 0 aliphatic rings. The first-order chi connectivity index (χ1) is 8.97. The number of benzene rings is 1. The van der Waals surface area contributed by atoms with Crippen LogP contribution in [0.2, 0.25) is 0 Å². The van der Waals surface area contributed by atoms with Crippen molar-refractivity contribution < 1.29 is 9.18 Å². The first-order valence-corrected chi connectivity index (χ1v) is 5.91. The minimum Gasteiger partial charge on any atom is -0.398 e. The standard InChI is InChI=1S/C11H9FN4O2S/c12-6-4-7(13)5(10(14)18)3-8(6)19-11-15-2-1-9(17)16-11/h1-4H,13H2,(H2,14,18)(H,15,16,17). The highest BCUT2D eigenvalue weighted by Crippen LogP contribution is 2.29. The number of primary amides is 1. The second-order valence-electron chi connectivity index (χ2n) is 3.58. The molecule has 0 radical (unpaired) electrons. The molecule has 6 nitrogen and oxygen atoms in total. The van der Waals surface area contributed by atoms with Crippen LogP contribution in [0.5, 0.6) is 0 Å². The number of carbonyl (C=O) groups excluding carboxylic acids is 1. The number of anilines is 1. The second-order valence-corrected chi connectivity index (χ2v) is 4.61. The fourth-order valence-corrected chi connectivity index (χ4v) is 2.18. The van der Waals surface area contributed by atoms with Gasteiger partial charge in [-0.1, -0.05) is 0 Å². The summed E-state index contributed by atoms with van der Waals surface area (Å²) >= 11 is 0.864. The Morgan fingerprint density at radius 2 is 2.16 bits per heavy atom. The number of nitrogens with zero attached hydrogens (tertiary/aromatic N) is 1. The smallest absolute Gasteiger partial charge is 0.251 e. The number of H-pyrrole nitrogens is 1. The van der Waals surface area contributed by atoms with E-state index in [1.54, 1.807) is 0 Å². The maximum atomic E-state index is 13.7. The zero-order chi connectivity index (χ0) is 14.0. The van der Waals surface area contributed by atoms with Gasteiger partial charge in [0.05, 0.1) is 10.5 Å². The molecule has 0 saturated carbocycles. The van der Waals surface area contributed by atoms with Crippen molar-refractivity contribution in [3.63, 3.8) is 0 Å². The molecule has 0 unspecified atom stereocenters. The highest BCUT2D eigenvalue weighted by molar-refractivity contribution is 7.99. The van der Waals surface area contributed by atoms with E-state index in [9.17, 15) is 14.0 Å². The van der Waals surface area contributed by atoms with E-state index in [-0.39, 0.29) is 26.9 Å². The predicted molar refractivity (Wildman–Crippen MR) is 68.3 cm³/mol. The Hall–Kier alpha value is -2.35. The minimum absolute atomic E-state index is 0.0159. The highest BCUT2D eigenvalue weighted by Gasteiger charge is 2.13. The summed E-state index contributed by atoms with van der Waals surface area (Å²) in [5.74, 6) is -1.38. The third-order valence-corrected chi connectivity index (χ3v) is 3.16. The van der Waals surface area contributed by atoms with E-state index >= 15 is 0 Å². The third kappa shape index (κ3) is 2.91. The maximum Gasteiger partial charge on any atom is 0.251 e. The number of nitrogen functional groups attached to an aromatic ring is 1. The van der Waals surface area contributed by atoms with Crippen LogP contribution in [0, 0.1) is 5.82 Å². The summed E-state index contributed by atoms with van der Waals surface area (Å²) in [6.07, 6.45) is 1.30. The van der Waals surface area contributed by atoms with Crippen LogP contribution in [0.3, 0.4) is 0 Å². The van der Waals surface area contributed by atoms with Crippen molar-refractivity contribution in [3.05, 3.63) is 46.1 Å². The molecular formula is C11H9FN4O2S. The molecule has 1 aromatic carbocycles. The van der Waals surface area contributed by atoms with E-state index in [1.165, 1.54) is 18.3 Å². The molecule has 98 valence electrons. The molecule has 5 N–H and O–H groups in total. The lowest BCUT2D eigenvalue weighted by atomic mass is 10.1. The Morgan fingerprint density at radius 3 is 2.79 bits per heavy atom. The second kappa shape index (κ2) is 5.11. The number of aromatic nitrogens is 2. The summed E-state index contributed by atoms with van der Waals surface area (Å²) in [7, 11) is 0. The fourth-order valence-electron chi connectivity index (χ4n) is 1.37. The highest BCUT2D eigenvalue weighted by atomic mass is 32.2. The lowest BCUT2D eigenvalue weighted by Crippen LogP contribution is -2.14. The largest absolute Gasteiger partial charge is 0.398 e. The number of carbonyl (C=O) groups is 1. The number of nitrogens with one attached hydrogen (secondary N) is 1. The summed E-state index contributed by atoms with van der Waals surface area (Å²) in [5.41, 5.74) is 10.2. The van der Waals surface area contributed by atoms with Gasteiger partial charge in [0.15, 0.2) is 5.16 Å². The first kappa shape index (κ1) is 13.1. The van der Waals surface area contributed by atoms with Crippen LogP contribution < -0.4 is 17.0 Å². The van der Waals surface area contributed by atoms with Crippen LogP contribution >= 0.6 is 11.8 Å². The average molecular weight is 280 g/mol. The summed E-state index contributed by atoms with van der Waals surface area (Å²) < 4.78 is 13.7. The van der Waals surface area contributed by atoms with E-state index in [2.05, 4.69) is 9.97 Å². The molecule has 1 heterocycles. The van der Waals surface area contributed by atoms with Crippen molar-refractivity contribution in [2.75, 3.05) is 5.73 Å². The predicted octanol–water partition coefficient (Wildman–Crippen LogP) is 0.741. The van der Waals surface area contributed by atoms with Gasteiger partial charge in [-0.2, -0.15) is 0 Å². The minimum atomic E-state index is -0.756. The van der Waals surface area contributed by atoms with Crippen LogP contribution in [-0.4, -0.2) is 15.9 Å². The summed E-state index contributed by atoms with van der Waals surface area (Å²) in [6.45, 7) is 0. The number of hydrogen-bond donors (Lipinski definition) is 3. The van der Waals surface area contributed by atoms with Gasteiger partial charge in [0, 0.05) is 18.0 Å². The van der Waals surface area contributed by atoms with Gasteiger partial charge < -0.3 is 16.5 Å². The number of nitrogens with two attached hydrogens (primary N) is 2. The number of halogens is 1. The average Bonchev–Trinajstić information content (AvgIpc) is 2.32. The van der Waals surface area contributed by atoms with Gasteiger partial charge in [-0.25, -0.2) is 9.37 Å². The third-order valence-electron chi connectivity index (χ3n) is 2.22. The molecule has 0 saturated heterocycles. The lowest BCUT2D eigenvalue weighted by Gasteiger charge is -2.06. The van der Waals surface area contributed by atoms with Gasteiger partial charge in [-0.05, 0) is 23.9 Å². The molecule has 0 fully saturated rings. The van der Waals surface area contributed by atoms with Gasteiger partial charge >= 0.3 is 0 Å². The summed E-state index contributed by atoms with van der Waals surface area (Å²) in [5, 5.41) is 0.201. The first-order valence-electron chi connectivity index (χ1n) is 5.09. The Labute approximate surface area is 111 Å². The number of aromatic amines is 1. The van der Waals surface area contributed by atoms with E-state index in [0.717, 1.165) is 17.8 Å². The van der Waals surface area contributed by atoms with E-state index in [0.29, 0.717) is 0 Å². The van der Waals surface area contributed by atoms with Crippen LogP contribution in [0.4, 0.5) is 10.1 Å². The molecular weight excluding hydrogens is 271 g/mol. The molecule has 0 aliphatic heterocycles. The normalized spacial score (nSPS) is 10.4. The summed E-state index contributed by atoms with van der Waals surface area (Å²) in [6, 6.07) is 3.46. The van der Waals surface area contributed by atoms with Crippen molar-refractivity contribution in [2.24, 2.45) is 5.73 Å². The molecule has 2 aromatic rings. The molecule has 0 atom stereocenters. The molecule has 1 aromatic heterocycles. The maximum absolute atomic E-state index is 13.7. The van der Waals surface area contributed by atoms with Crippen molar-refractivity contribution in [1.29, 1.82) is 0 Å². The summed E-state index contributed by atoms with van der Waals surface area (Å²) in [4.78, 5) is 28.6. The van der Waals surface area contributed by atoms with Gasteiger partial charge in [0.2, 0.25) is 0 Å². The molecule has 0 aliphatic carbocycles. The topological polar surface area (TPSA) is 115 Å². The van der Waals surface area contributed by atoms with Crippen molar-refractivity contribution in [3.8, 4) is 0 Å². The molecule has 2 rings (SSSR count). The Kier molecular flexibility index (Phi) is 3.52. The molecule has 19 heavy (non-hydrogen) atoms. The van der Waals surface area contributed by atoms with Gasteiger partial charge in [0.25, 0.3) is 11.5 Å². The quantitative estimate of drug-likeness (QED) is 0.566. The molecule has 1 amide bonds. The van der Waals surface area contributed by atoms with Crippen molar-refractivity contribution in [2.45, 2.75) is 10.1 Å². The van der Waals surface area contributed by atoms with Crippen LogP contribution in [0.15, 0.2) is 39.2 Å². The number of hydrogen-bond acceptors (Lipinski definition) is 5. The molecule has 0 spiro atoms. The van der Waals surface area contributed by atoms with E-state index in [1.807, 2.05) is 0 Å². The van der Waals surface area contributed by atoms with Gasteiger partial charge in [-0.15, -0.1) is 0 Å². The zero-order valence-corrected chi connectivity index (χ0v) is 10.3. The van der Waals surface area contributed by atoms with Crippen LogP contribution in [0.1, 0.15) is 10.4 Å². The monoisotopic (exact) mass is 280 g/mol. The van der Waals surface area contributed by atoms with Crippen LogP contribution in [0.25, 0.3) is 0 Å². The SMILES string of the molecule is NC(=O)c1cc(Sc2nccc(=O)[nH]2)c(F)cc1N. The van der Waals surface area contributed by atoms with Crippen LogP contribution in [-0.2, 0) is 0 Å². The Bertz CT molecular complexity index is 701. The fraction of sp³-hybridized carbons (Fsp3) is 0. The van der Waals surface area contributed by atoms with E-state index in [4.69, 9.17) is 11.5 Å². The van der Waals surface area contributed by atoms with E-state index < -0.39 is 11.7 Å². The lowest BCUT2D eigenvalue weighted by molar-refractivity contribution is 0.100. The van der Waals surface area contributed by atoms with Gasteiger partial charge in [0.1, 0.15) is 5.82 Å². The number of rotatable bonds is 3.